The molecular formula is C21H18ClNO4S. The molecule has 0 aliphatic heterocycles. The van der Waals surface area contributed by atoms with Gasteiger partial charge in [-0.2, -0.15) is 0 Å². The summed E-state index contributed by atoms with van der Waals surface area (Å²) in [7, 11) is -2.66. The van der Waals surface area contributed by atoms with Crippen LogP contribution in [0.2, 0.25) is 5.02 Å². The second-order valence-electron chi connectivity index (χ2n) is 6.63. The summed E-state index contributed by atoms with van der Waals surface area (Å²) in [6, 6.07) is 13.8. The molecule has 2 aromatic carbocycles. The number of halogens is 1. The van der Waals surface area contributed by atoms with E-state index in [2.05, 4.69) is 0 Å². The largest absolute Gasteiger partial charge is 0.465 e. The monoisotopic (exact) mass is 415 g/mol. The predicted octanol–water partition coefficient (Wildman–Crippen LogP) is 4.32. The minimum atomic E-state index is -3.96. The molecule has 0 radical (unpaired) electrons. The number of carbonyl (C=O) groups is 1. The predicted molar refractivity (Wildman–Crippen MR) is 107 cm³/mol. The number of ether oxygens (including phenoxy) is 1. The quantitative estimate of drug-likeness (QED) is 0.597. The number of methoxy groups -OCH3 is 1. The Balaban J connectivity index is 2.05. The maximum Gasteiger partial charge on any atom is 0.339 e. The molecule has 1 aromatic heterocycles. The first kappa shape index (κ1) is 18.8. The Hall–Kier alpha value is -2.57. The molecule has 0 atom stereocenters. The first-order valence-electron chi connectivity index (χ1n) is 8.85. The summed E-state index contributed by atoms with van der Waals surface area (Å²) in [4.78, 5) is 12.5. The van der Waals surface area contributed by atoms with Crippen LogP contribution in [0.25, 0.3) is 11.3 Å². The molecule has 0 fully saturated rings. The van der Waals surface area contributed by atoms with Gasteiger partial charge in [-0.05, 0) is 48.6 Å². The van der Waals surface area contributed by atoms with Crippen LogP contribution in [0.15, 0.2) is 59.6 Å². The number of fused-ring (bicyclic) bond motifs is 3. The van der Waals surface area contributed by atoms with Gasteiger partial charge in [-0.1, -0.05) is 41.9 Å². The molecule has 0 N–H and O–H groups in total. The highest BCUT2D eigenvalue weighted by Crippen LogP contribution is 2.38. The van der Waals surface area contributed by atoms with Crippen molar-refractivity contribution in [3.63, 3.8) is 0 Å². The van der Waals surface area contributed by atoms with Crippen LogP contribution in [0.3, 0.4) is 0 Å². The molecule has 4 rings (SSSR count). The van der Waals surface area contributed by atoms with E-state index in [1.807, 2.05) is 24.3 Å². The Labute approximate surface area is 168 Å². The zero-order valence-electron chi connectivity index (χ0n) is 15.2. The zero-order chi connectivity index (χ0) is 19.9. The Morgan fingerprint density at radius 2 is 1.89 bits per heavy atom. The van der Waals surface area contributed by atoms with E-state index >= 15 is 0 Å². The van der Waals surface area contributed by atoms with E-state index in [4.69, 9.17) is 16.3 Å². The number of benzene rings is 2. The Morgan fingerprint density at radius 1 is 1.11 bits per heavy atom. The van der Waals surface area contributed by atoms with Crippen LogP contribution in [0, 0.1) is 0 Å². The van der Waals surface area contributed by atoms with Crippen molar-refractivity contribution in [1.82, 2.24) is 3.97 Å². The molecule has 7 heteroatoms. The molecular weight excluding hydrogens is 398 g/mol. The van der Waals surface area contributed by atoms with Gasteiger partial charge in [-0.25, -0.2) is 17.2 Å². The number of aryl methyl sites for hydroxylation is 1. The van der Waals surface area contributed by atoms with E-state index in [0.717, 1.165) is 24.0 Å². The van der Waals surface area contributed by atoms with Gasteiger partial charge in [0, 0.05) is 16.8 Å². The molecule has 5 nitrogen and oxygen atoms in total. The van der Waals surface area contributed by atoms with Crippen LogP contribution >= 0.6 is 11.6 Å². The van der Waals surface area contributed by atoms with Gasteiger partial charge in [0.05, 0.1) is 23.3 Å². The molecule has 1 heterocycles. The average molecular weight is 416 g/mol. The molecule has 1 aliphatic rings. The topological polar surface area (TPSA) is 65.4 Å². The second kappa shape index (κ2) is 7.11. The summed E-state index contributed by atoms with van der Waals surface area (Å²) < 4.78 is 33.0. The summed E-state index contributed by atoms with van der Waals surface area (Å²) >= 11 is 6.02. The van der Waals surface area contributed by atoms with Crippen molar-refractivity contribution in [2.24, 2.45) is 0 Å². The fraction of sp³-hybridized carbons (Fsp3) is 0.190. The Bertz CT molecular complexity index is 1180. The first-order chi connectivity index (χ1) is 13.4. The lowest BCUT2D eigenvalue weighted by Gasteiger charge is -2.13. The number of carbonyl (C=O) groups excluding carboxylic acids is 1. The SMILES string of the molecule is COC(=O)c1cn(S(=O)(=O)c2cccc(Cl)c2)c2c1CCCc1ccccc1-2. The lowest BCUT2D eigenvalue weighted by Crippen LogP contribution is -2.14. The van der Waals surface area contributed by atoms with E-state index in [1.54, 1.807) is 12.1 Å². The van der Waals surface area contributed by atoms with Crippen LogP contribution in [-0.4, -0.2) is 25.5 Å². The fourth-order valence-electron chi connectivity index (χ4n) is 3.70. The number of hydrogen-bond donors (Lipinski definition) is 0. The molecule has 0 saturated heterocycles. The van der Waals surface area contributed by atoms with E-state index in [0.29, 0.717) is 22.7 Å². The molecule has 1 aliphatic carbocycles. The number of hydrogen-bond acceptors (Lipinski definition) is 4. The smallest absolute Gasteiger partial charge is 0.339 e. The maximum atomic E-state index is 13.5. The number of rotatable bonds is 3. The lowest BCUT2D eigenvalue weighted by atomic mass is 10.0. The van der Waals surface area contributed by atoms with Crippen molar-refractivity contribution in [1.29, 1.82) is 0 Å². The average Bonchev–Trinajstić information content (AvgIpc) is 2.98. The molecule has 144 valence electrons. The van der Waals surface area contributed by atoms with Gasteiger partial charge in [-0.15, -0.1) is 0 Å². The van der Waals surface area contributed by atoms with Gasteiger partial charge in [-0.3, -0.25) is 0 Å². The summed E-state index contributed by atoms with van der Waals surface area (Å²) in [5.74, 6) is -0.546. The summed E-state index contributed by atoms with van der Waals surface area (Å²) in [6.45, 7) is 0. The highest BCUT2D eigenvalue weighted by atomic mass is 35.5. The van der Waals surface area contributed by atoms with Gasteiger partial charge >= 0.3 is 5.97 Å². The molecule has 0 saturated carbocycles. The number of aromatic nitrogens is 1. The third-order valence-corrected chi connectivity index (χ3v) is 6.87. The van der Waals surface area contributed by atoms with Crippen molar-refractivity contribution in [3.8, 4) is 11.3 Å². The Morgan fingerprint density at radius 3 is 2.64 bits per heavy atom. The maximum absolute atomic E-state index is 13.5. The van der Waals surface area contributed by atoms with Crippen LogP contribution in [0.5, 0.6) is 0 Å². The van der Waals surface area contributed by atoms with Gasteiger partial charge < -0.3 is 4.74 Å². The van der Waals surface area contributed by atoms with Crippen molar-refractivity contribution >= 4 is 27.6 Å². The summed E-state index contributed by atoms with van der Waals surface area (Å²) in [5.41, 5.74) is 3.37. The van der Waals surface area contributed by atoms with Crippen LogP contribution in [0.1, 0.15) is 27.9 Å². The van der Waals surface area contributed by atoms with Crippen molar-refractivity contribution < 1.29 is 17.9 Å². The van der Waals surface area contributed by atoms with E-state index in [9.17, 15) is 13.2 Å². The van der Waals surface area contributed by atoms with E-state index in [1.165, 1.54) is 29.4 Å². The van der Waals surface area contributed by atoms with Crippen molar-refractivity contribution in [2.45, 2.75) is 24.2 Å². The highest BCUT2D eigenvalue weighted by Gasteiger charge is 2.31. The van der Waals surface area contributed by atoms with Crippen LogP contribution in [-0.2, 0) is 27.6 Å². The lowest BCUT2D eigenvalue weighted by molar-refractivity contribution is 0.0599. The minimum absolute atomic E-state index is 0.0657. The third kappa shape index (κ3) is 3.02. The second-order valence-corrected chi connectivity index (χ2v) is 8.88. The van der Waals surface area contributed by atoms with Crippen molar-refractivity contribution in [2.75, 3.05) is 7.11 Å². The van der Waals surface area contributed by atoms with E-state index in [-0.39, 0.29) is 10.5 Å². The number of nitrogens with zero attached hydrogens (tertiary/aromatic N) is 1. The molecule has 0 unspecified atom stereocenters. The van der Waals surface area contributed by atoms with Crippen LogP contribution in [0.4, 0.5) is 0 Å². The van der Waals surface area contributed by atoms with E-state index < -0.39 is 16.0 Å². The first-order valence-corrected chi connectivity index (χ1v) is 10.7. The summed E-state index contributed by atoms with van der Waals surface area (Å²) in [6.07, 6.45) is 3.58. The minimum Gasteiger partial charge on any atom is -0.465 e. The molecule has 0 bridgehead atoms. The standard InChI is InChI=1S/C21H18ClNO4S/c1-27-21(24)19-13-23(28(25,26)16-9-5-8-15(22)12-16)20-17-10-3-2-6-14(17)7-4-11-18(19)20/h2-3,5-6,8-10,12-13H,4,7,11H2,1H3. The van der Waals surface area contributed by atoms with Gasteiger partial charge in [0.15, 0.2) is 0 Å². The Kier molecular flexibility index (Phi) is 4.77. The third-order valence-electron chi connectivity index (χ3n) is 4.98. The molecule has 0 spiro atoms. The normalized spacial score (nSPS) is 13.4. The van der Waals surface area contributed by atoms with Gasteiger partial charge in [0.2, 0.25) is 0 Å². The van der Waals surface area contributed by atoms with Crippen molar-refractivity contribution in [3.05, 3.63) is 76.4 Å². The fourth-order valence-corrected chi connectivity index (χ4v) is 5.40. The van der Waals surface area contributed by atoms with Gasteiger partial charge in [0.25, 0.3) is 10.0 Å². The highest BCUT2D eigenvalue weighted by molar-refractivity contribution is 7.90. The summed E-state index contributed by atoms with van der Waals surface area (Å²) in [5, 5.41) is 0.327. The molecule has 28 heavy (non-hydrogen) atoms. The molecule has 3 aromatic rings. The molecule has 0 amide bonds. The zero-order valence-corrected chi connectivity index (χ0v) is 16.8. The van der Waals surface area contributed by atoms with Gasteiger partial charge in [0.1, 0.15) is 0 Å². The van der Waals surface area contributed by atoms with Crippen LogP contribution < -0.4 is 0 Å². The number of esters is 1.